The third-order valence-electron chi connectivity index (χ3n) is 11.8. The molecule has 0 aromatic heterocycles. The highest BCUT2D eigenvalue weighted by Gasteiger charge is 2.36. The van der Waals surface area contributed by atoms with Crippen LogP contribution >= 0.6 is 0 Å². The lowest BCUT2D eigenvalue weighted by Crippen LogP contribution is -2.41. The fraction of sp³-hybridized carbons (Fsp3) is 0.269. The van der Waals surface area contributed by atoms with E-state index >= 15 is 0 Å². The van der Waals surface area contributed by atoms with E-state index in [2.05, 4.69) is 205 Å². The zero-order chi connectivity index (χ0) is 37.0. The van der Waals surface area contributed by atoms with Crippen LogP contribution < -0.4 is 0 Å². The minimum atomic E-state index is -0.433. The minimum absolute atomic E-state index is 0.0253. The molecule has 266 valence electrons. The fourth-order valence-electron chi connectivity index (χ4n) is 8.52. The summed E-state index contributed by atoms with van der Waals surface area (Å²) in [5, 5.41) is 5.16. The molecule has 0 radical (unpaired) electrons. The van der Waals surface area contributed by atoms with Crippen LogP contribution in [0, 0.1) is 11.3 Å². The van der Waals surface area contributed by atoms with Crippen LogP contribution in [0.15, 0.2) is 151 Å². The van der Waals surface area contributed by atoms with E-state index in [-0.39, 0.29) is 10.8 Å². The lowest BCUT2D eigenvalue weighted by atomic mass is 9.75. The molecular weight excluding hydrogens is 639 g/mol. The van der Waals surface area contributed by atoms with Crippen LogP contribution in [0.4, 0.5) is 0 Å². The van der Waals surface area contributed by atoms with Gasteiger partial charge >= 0.3 is 0 Å². The van der Waals surface area contributed by atoms with Gasteiger partial charge in [0.1, 0.15) is 0 Å². The second kappa shape index (κ2) is 13.4. The number of allylic oxidation sites excluding steroid dienone is 9. The van der Waals surface area contributed by atoms with Crippen LogP contribution in [0.25, 0.3) is 38.8 Å². The fourth-order valence-corrected chi connectivity index (χ4v) is 8.52. The average Bonchev–Trinajstić information content (AvgIpc) is 3.12. The molecule has 0 spiro atoms. The Morgan fingerprint density at radius 1 is 0.698 bits per heavy atom. The molecule has 0 saturated heterocycles. The average molecular weight is 692 g/mol. The number of nitrogens with zero attached hydrogens (tertiary/aromatic N) is 1. The van der Waals surface area contributed by atoms with Gasteiger partial charge in [-0.05, 0) is 132 Å². The van der Waals surface area contributed by atoms with Crippen LogP contribution in [0.1, 0.15) is 94.7 Å². The molecule has 2 unspecified atom stereocenters. The molecule has 2 heterocycles. The SMILES string of the molecule is CC(C)(C)C1=C/C=C/CC2C/C=C\c3cc4ccc5ccccc5c4cc3C3(C)C=C(c4ccccc4)C=CN3Cc3ccc(C(C)(C)C)cc3\C2=C\1. The Bertz CT molecular complexity index is 2400. The monoisotopic (exact) mass is 691 g/mol. The standard InChI is InChI=1S/C52H53N/c1-50(2,3)43-22-13-11-18-37-20-15-21-40-30-39-25-24-38-19-12-14-23-45(38)48(39)33-49(40)52(7)34-41(36-16-9-8-10-17-36)28-29-53(52)35-42-26-27-44(51(4,5)6)32-47(42)46(37)31-43/h8-17,19,21-34,37H,18,20,35H2,1-7H3/b13-11+,21-15-,43-22+,46-31+. The topological polar surface area (TPSA) is 3.24 Å². The number of hydrogen-bond acceptors (Lipinski definition) is 1. The van der Waals surface area contributed by atoms with E-state index in [4.69, 9.17) is 0 Å². The van der Waals surface area contributed by atoms with E-state index in [1.165, 1.54) is 71.6 Å². The summed E-state index contributed by atoms with van der Waals surface area (Å²) in [7, 11) is 0. The van der Waals surface area contributed by atoms with Crippen molar-refractivity contribution in [3.05, 3.63) is 185 Å². The van der Waals surface area contributed by atoms with E-state index in [1.54, 1.807) is 0 Å². The minimum Gasteiger partial charge on any atom is -0.360 e. The first kappa shape index (κ1) is 34.9. The van der Waals surface area contributed by atoms with Crippen LogP contribution in [0.5, 0.6) is 0 Å². The third kappa shape index (κ3) is 6.67. The van der Waals surface area contributed by atoms with Gasteiger partial charge in [-0.2, -0.15) is 0 Å². The first-order valence-electron chi connectivity index (χ1n) is 19.5. The van der Waals surface area contributed by atoms with Gasteiger partial charge in [0.15, 0.2) is 0 Å². The van der Waals surface area contributed by atoms with E-state index in [0.717, 1.165) is 19.4 Å². The molecule has 0 amide bonds. The summed E-state index contributed by atoms with van der Waals surface area (Å²) in [5.41, 5.74) is 11.7. The molecule has 1 heteroatoms. The van der Waals surface area contributed by atoms with Gasteiger partial charge in [-0.25, -0.2) is 0 Å². The smallest absolute Gasteiger partial charge is 0.0822 e. The van der Waals surface area contributed by atoms with E-state index in [1.807, 2.05) is 0 Å². The Balaban J connectivity index is 1.41. The van der Waals surface area contributed by atoms with Crippen molar-refractivity contribution in [2.75, 3.05) is 0 Å². The van der Waals surface area contributed by atoms with Crippen molar-refractivity contribution in [3.8, 4) is 0 Å². The van der Waals surface area contributed by atoms with Gasteiger partial charge in [-0.3, -0.25) is 0 Å². The first-order valence-corrected chi connectivity index (χ1v) is 19.5. The van der Waals surface area contributed by atoms with Gasteiger partial charge in [0.05, 0.1) is 5.54 Å². The summed E-state index contributed by atoms with van der Waals surface area (Å²) in [6.07, 6.45) is 23.6. The molecule has 8 rings (SSSR count). The Kier molecular flexibility index (Phi) is 8.81. The molecule has 53 heavy (non-hydrogen) atoms. The van der Waals surface area contributed by atoms with Crippen molar-refractivity contribution >= 4 is 38.8 Å². The van der Waals surface area contributed by atoms with Gasteiger partial charge in [-0.15, -0.1) is 0 Å². The number of rotatable bonds is 1. The number of fused-ring (bicyclic) bond motifs is 9. The van der Waals surface area contributed by atoms with E-state index in [9.17, 15) is 0 Å². The summed E-state index contributed by atoms with van der Waals surface area (Å²) in [6, 6.07) is 36.6. The first-order chi connectivity index (χ1) is 25.4. The molecular formula is C52H53N. The van der Waals surface area contributed by atoms with Gasteiger partial charge in [-0.1, -0.05) is 163 Å². The van der Waals surface area contributed by atoms with Crippen molar-refractivity contribution in [1.29, 1.82) is 0 Å². The second-order valence-electron chi connectivity index (χ2n) is 17.6. The zero-order valence-corrected chi connectivity index (χ0v) is 32.6. The van der Waals surface area contributed by atoms with Crippen molar-refractivity contribution in [1.82, 2.24) is 4.90 Å². The molecule has 0 N–H and O–H groups in total. The van der Waals surface area contributed by atoms with Crippen LogP contribution in [-0.4, -0.2) is 4.90 Å². The summed E-state index contributed by atoms with van der Waals surface area (Å²) < 4.78 is 0. The van der Waals surface area contributed by atoms with Gasteiger partial charge in [0.25, 0.3) is 0 Å². The highest BCUT2D eigenvalue weighted by molar-refractivity contribution is 6.08. The maximum atomic E-state index is 2.60. The Morgan fingerprint density at radius 2 is 1.45 bits per heavy atom. The Morgan fingerprint density at radius 3 is 2.25 bits per heavy atom. The predicted octanol–water partition coefficient (Wildman–Crippen LogP) is 14.0. The zero-order valence-electron chi connectivity index (χ0n) is 32.6. The molecule has 0 saturated carbocycles. The summed E-state index contributed by atoms with van der Waals surface area (Å²) in [4.78, 5) is 2.60. The van der Waals surface area contributed by atoms with Crippen molar-refractivity contribution in [2.24, 2.45) is 11.3 Å². The highest BCUT2D eigenvalue weighted by Crippen LogP contribution is 2.45. The largest absolute Gasteiger partial charge is 0.360 e. The summed E-state index contributed by atoms with van der Waals surface area (Å²) in [5.74, 6) is 0.350. The van der Waals surface area contributed by atoms with Crippen molar-refractivity contribution in [3.63, 3.8) is 0 Å². The third-order valence-corrected chi connectivity index (χ3v) is 11.8. The lowest BCUT2D eigenvalue weighted by molar-refractivity contribution is 0.207. The molecule has 5 aromatic carbocycles. The molecule has 3 aliphatic rings. The molecule has 0 bridgehead atoms. The normalized spacial score (nSPS) is 23.6. The lowest BCUT2D eigenvalue weighted by Gasteiger charge is -2.44. The summed E-state index contributed by atoms with van der Waals surface area (Å²) in [6.45, 7) is 17.3. The molecule has 2 aliphatic heterocycles. The maximum absolute atomic E-state index is 2.60. The highest BCUT2D eigenvalue weighted by atomic mass is 15.2. The predicted molar refractivity (Wildman–Crippen MR) is 229 cm³/mol. The van der Waals surface area contributed by atoms with E-state index < -0.39 is 5.54 Å². The molecule has 1 aliphatic carbocycles. The van der Waals surface area contributed by atoms with E-state index in [0.29, 0.717) is 5.92 Å². The van der Waals surface area contributed by atoms with Crippen molar-refractivity contribution in [2.45, 2.75) is 78.8 Å². The van der Waals surface area contributed by atoms with Crippen LogP contribution in [-0.2, 0) is 17.5 Å². The number of hydrogen-bond donors (Lipinski definition) is 0. The van der Waals surface area contributed by atoms with Crippen molar-refractivity contribution < 1.29 is 0 Å². The number of benzene rings is 5. The molecule has 1 nitrogen and oxygen atoms in total. The Labute approximate surface area is 317 Å². The Hall–Kier alpha value is -5.14. The molecule has 2 atom stereocenters. The molecule has 5 aromatic rings. The van der Waals surface area contributed by atoms with Crippen LogP contribution in [0.3, 0.4) is 0 Å². The van der Waals surface area contributed by atoms with Gasteiger partial charge < -0.3 is 4.90 Å². The van der Waals surface area contributed by atoms with Crippen LogP contribution in [0.2, 0.25) is 0 Å². The van der Waals surface area contributed by atoms with Gasteiger partial charge in [0, 0.05) is 12.7 Å². The van der Waals surface area contributed by atoms with Gasteiger partial charge in [0.2, 0.25) is 0 Å². The quantitative estimate of drug-likeness (QED) is 0.158. The second-order valence-corrected chi connectivity index (χ2v) is 17.6. The molecule has 0 fully saturated rings. The summed E-state index contributed by atoms with van der Waals surface area (Å²) >= 11 is 0. The maximum Gasteiger partial charge on any atom is 0.0822 e.